The van der Waals surface area contributed by atoms with Gasteiger partial charge in [0.2, 0.25) is 0 Å². The number of aliphatic hydroxyl groups excluding tert-OH is 1. The largest absolute Gasteiger partial charge is 0.392 e. The normalized spacial score (nSPS) is 22.0. The first kappa shape index (κ1) is 13.3. The van der Waals surface area contributed by atoms with Gasteiger partial charge in [0.15, 0.2) is 0 Å². The van der Waals surface area contributed by atoms with E-state index in [1.807, 2.05) is 12.1 Å². The Morgan fingerprint density at radius 3 is 2.72 bits per heavy atom. The highest BCUT2D eigenvalue weighted by molar-refractivity contribution is 5.42. The van der Waals surface area contributed by atoms with Gasteiger partial charge in [0.05, 0.1) is 6.61 Å². The SMILES string of the molecule is CCCc1cc(CO)cc(N(C)CC2CC2C)n1. The fraction of sp³-hybridized carbons (Fsp3) is 0.667. The highest BCUT2D eigenvalue weighted by Gasteiger charge is 2.33. The zero-order valence-electron chi connectivity index (χ0n) is 11.7. The minimum absolute atomic E-state index is 0.0971. The maximum Gasteiger partial charge on any atom is 0.128 e. The number of hydrogen-bond acceptors (Lipinski definition) is 3. The molecule has 1 heterocycles. The topological polar surface area (TPSA) is 36.4 Å². The van der Waals surface area contributed by atoms with Crippen molar-refractivity contribution in [3.63, 3.8) is 0 Å². The standard InChI is InChI=1S/C15H24N2O/c1-4-5-14-7-12(10-18)8-15(16-14)17(3)9-13-6-11(13)2/h7-8,11,13,18H,4-6,9-10H2,1-3H3. The van der Waals surface area contributed by atoms with E-state index in [0.717, 1.165) is 48.3 Å². The van der Waals surface area contributed by atoms with Gasteiger partial charge in [0, 0.05) is 19.3 Å². The second-order valence-electron chi connectivity index (χ2n) is 5.59. The van der Waals surface area contributed by atoms with Crippen LogP contribution in [-0.2, 0) is 13.0 Å². The minimum Gasteiger partial charge on any atom is -0.392 e. The number of aromatic nitrogens is 1. The van der Waals surface area contributed by atoms with E-state index in [-0.39, 0.29) is 6.61 Å². The van der Waals surface area contributed by atoms with Crippen LogP contribution in [0.5, 0.6) is 0 Å². The summed E-state index contributed by atoms with van der Waals surface area (Å²) >= 11 is 0. The summed E-state index contributed by atoms with van der Waals surface area (Å²) in [6.45, 7) is 5.63. The van der Waals surface area contributed by atoms with Crippen LogP contribution in [0.3, 0.4) is 0 Å². The molecule has 1 aromatic heterocycles. The van der Waals surface area contributed by atoms with Gasteiger partial charge in [-0.05, 0) is 42.4 Å². The van der Waals surface area contributed by atoms with Gasteiger partial charge in [-0.15, -0.1) is 0 Å². The van der Waals surface area contributed by atoms with E-state index in [9.17, 15) is 5.11 Å². The smallest absolute Gasteiger partial charge is 0.128 e. The molecule has 3 heteroatoms. The average molecular weight is 248 g/mol. The molecule has 1 aliphatic rings. The zero-order chi connectivity index (χ0) is 13.1. The van der Waals surface area contributed by atoms with Gasteiger partial charge in [0.1, 0.15) is 5.82 Å². The number of nitrogens with zero attached hydrogens (tertiary/aromatic N) is 2. The van der Waals surface area contributed by atoms with E-state index >= 15 is 0 Å². The maximum atomic E-state index is 9.33. The number of aryl methyl sites for hydroxylation is 1. The Kier molecular flexibility index (Phi) is 4.23. The van der Waals surface area contributed by atoms with Gasteiger partial charge in [-0.1, -0.05) is 20.3 Å². The summed E-state index contributed by atoms with van der Waals surface area (Å²) in [5, 5.41) is 9.33. The summed E-state index contributed by atoms with van der Waals surface area (Å²) < 4.78 is 0. The number of pyridine rings is 1. The van der Waals surface area contributed by atoms with Crippen molar-refractivity contribution in [2.45, 2.75) is 39.7 Å². The van der Waals surface area contributed by atoms with Crippen LogP contribution >= 0.6 is 0 Å². The second kappa shape index (κ2) is 5.70. The van der Waals surface area contributed by atoms with Crippen LogP contribution < -0.4 is 4.90 Å². The van der Waals surface area contributed by atoms with Crippen LogP contribution in [0.25, 0.3) is 0 Å². The number of aliphatic hydroxyl groups is 1. The molecule has 1 fully saturated rings. The highest BCUT2D eigenvalue weighted by Crippen LogP contribution is 2.38. The number of anilines is 1. The lowest BCUT2D eigenvalue weighted by molar-refractivity contribution is 0.281. The van der Waals surface area contributed by atoms with Crippen molar-refractivity contribution in [3.05, 3.63) is 23.4 Å². The Balaban J connectivity index is 2.11. The van der Waals surface area contributed by atoms with Gasteiger partial charge in [0.25, 0.3) is 0 Å². The second-order valence-corrected chi connectivity index (χ2v) is 5.59. The fourth-order valence-electron chi connectivity index (χ4n) is 2.40. The molecule has 0 bridgehead atoms. The van der Waals surface area contributed by atoms with Crippen molar-refractivity contribution in [2.24, 2.45) is 11.8 Å². The van der Waals surface area contributed by atoms with E-state index in [1.165, 1.54) is 6.42 Å². The van der Waals surface area contributed by atoms with Crippen molar-refractivity contribution in [1.82, 2.24) is 4.98 Å². The van der Waals surface area contributed by atoms with E-state index < -0.39 is 0 Å². The molecule has 1 N–H and O–H groups in total. The van der Waals surface area contributed by atoms with Crippen LogP contribution in [0.2, 0.25) is 0 Å². The molecule has 2 atom stereocenters. The van der Waals surface area contributed by atoms with Gasteiger partial charge < -0.3 is 10.0 Å². The molecule has 1 aliphatic carbocycles. The molecule has 100 valence electrons. The van der Waals surface area contributed by atoms with Crippen molar-refractivity contribution in [3.8, 4) is 0 Å². The lowest BCUT2D eigenvalue weighted by Gasteiger charge is -2.19. The molecule has 18 heavy (non-hydrogen) atoms. The molecule has 0 aliphatic heterocycles. The summed E-state index contributed by atoms with van der Waals surface area (Å²) in [5.74, 6) is 2.69. The molecule has 2 unspecified atom stereocenters. The van der Waals surface area contributed by atoms with E-state index in [1.54, 1.807) is 0 Å². The van der Waals surface area contributed by atoms with Gasteiger partial charge in [-0.25, -0.2) is 4.98 Å². The summed E-state index contributed by atoms with van der Waals surface area (Å²) in [7, 11) is 2.10. The van der Waals surface area contributed by atoms with Crippen molar-refractivity contribution in [1.29, 1.82) is 0 Å². The summed E-state index contributed by atoms with van der Waals surface area (Å²) in [5.41, 5.74) is 2.06. The molecular formula is C15H24N2O. The molecule has 0 amide bonds. The first-order chi connectivity index (χ1) is 8.63. The molecule has 0 aromatic carbocycles. The third-order valence-corrected chi connectivity index (χ3v) is 3.79. The Hall–Kier alpha value is -1.09. The fourth-order valence-corrected chi connectivity index (χ4v) is 2.40. The summed E-state index contributed by atoms with van der Waals surface area (Å²) in [6, 6.07) is 4.02. The third-order valence-electron chi connectivity index (χ3n) is 3.79. The van der Waals surface area contributed by atoms with Crippen molar-refractivity contribution in [2.75, 3.05) is 18.5 Å². The van der Waals surface area contributed by atoms with E-state index in [0.29, 0.717) is 0 Å². The Morgan fingerprint density at radius 2 is 2.17 bits per heavy atom. The quantitative estimate of drug-likeness (QED) is 0.840. The van der Waals surface area contributed by atoms with Gasteiger partial charge in [-0.3, -0.25) is 0 Å². The first-order valence-corrected chi connectivity index (χ1v) is 6.95. The van der Waals surface area contributed by atoms with Crippen LogP contribution in [0.4, 0.5) is 5.82 Å². The minimum atomic E-state index is 0.0971. The molecule has 0 spiro atoms. The first-order valence-electron chi connectivity index (χ1n) is 6.95. The van der Waals surface area contributed by atoms with Gasteiger partial charge >= 0.3 is 0 Å². The number of rotatable bonds is 6. The maximum absolute atomic E-state index is 9.33. The lowest BCUT2D eigenvalue weighted by Crippen LogP contribution is -2.22. The monoisotopic (exact) mass is 248 g/mol. The average Bonchev–Trinajstić information content (AvgIpc) is 3.04. The van der Waals surface area contributed by atoms with Crippen LogP contribution in [0.15, 0.2) is 12.1 Å². The molecular weight excluding hydrogens is 224 g/mol. The Bertz CT molecular complexity index is 405. The Labute approximate surface area is 110 Å². The molecule has 1 aromatic rings. The lowest BCUT2D eigenvalue weighted by atomic mass is 10.1. The van der Waals surface area contributed by atoms with Crippen molar-refractivity contribution < 1.29 is 5.11 Å². The predicted octanol–water partition coefficient (Wildman–Crippen LogP) is 2.62. The molecule has 2 rings (SSSR count). The Morgan fingerprint density at radius 1 is 1.44 bits per heavy atom. The molecule has 3 nitrogen and oxygen atoms in total. The predicted molar refractivity (Wildman–Crippen MR) is 74.7 cm³/mol. The van der Waals surface area contributed by atoms with Crippen LogP contribution in [0.1, 0.15) is 37.9 Å². The molecule has 0 saturated heterocycles. The third kappa shape index (κ3) is 3.22. The van der Waals surface area contributed by atoms with Crippen molar-refractivity contribution >= 4 is 5.82 Å². The molecule has 0 radical (unpaired) electrons. The van der Waals surface area contributed by atoms with Crippen LogP contribution in [-0.4, -0.2) is 23.7 Å². The van der Waals surface area contributed by atoms with Crippen LogP contribution in [0, 0.1) is 11.8 Å². The van der Waals surface area contributed by atoms with E-state index in [4.69, 9.17) is 4.98 Å². The summed E-state index contributed by atoms with van der Waals surface area (Å²) in [6.07, 6.45) is 3.41. The number of hydrogen-bond donors (Lipinski definition) is 1. The van der Waals surface area contributed by atoms with Gasteiger partial charge in [-0.2, -0.15) is 0 Å². The molecule has 1 saturated carbocycles. The zero-order valence-corrected chi connectivity index (χ0v) is 11.7. The van der Waals surface area contributed by atoms with E-state index in [2.05, 4.69) is 25.8 Å². The highest BCUT2D eigenvalue weighted by atomic mass is 16.3. The summed E-state index contributed by atoms with van der Waals surface area (Å²) in [4.78, 5) is 6.92.